The summed E-state index contributed by atoms with van der Waals surface area (Å²) in [5.74, 6) is 0.947. The van der Waals surface area contributed by atoms with E-state index in [2.05, 4.69) is 20.5 Å². The van der Waals surface area contributed by atoms with Crippen molar-refractivity contribution in [2.24, 2.45) is 0 Å². The summed E-state index contributed by atoms with van der Waals surface area (Å²) in [6.45, 7) is 6.05. The lowest BCUT2D eigenvalue weighted by Gasteiger charge is -2.28. The Morgan fingerprint density at radius 3 is 2.86 bits per heavy atom. The Morgan fingerprint density at radius 2 is 2.24 bits per heavy atom. The van der Waals surface area contributed by atoms with Crippen molar-refractivity contribution >= 4 is 17.4 Å². The molecule has 6 nitrogen and oxygen atoms in total. The second-order valence-electron chi connectivity index (χ2n) is 5.82. The SMILES string of the molecule is CC1(C(=O)Nc2ccc(N3CCOCC3)nc2)CCCN1. The molecule has 0 spiro atoms. The average molecular weight is 290 g/mol. The Kier molecular flexibility index (Phi) is 4.07. The van der Waals surface area contributed by atoms with Crippen molar-refractivity contribution in [1.29, 1.82) is 0 Å². The summed E-state index contributed by atoms with van der Waals surface area (Å²) in [7, 11) is 0. The van der Waals surface area contributed by atoms with Crippen LogP contribution in [0, 0.1) is 0 Å². The lowest BCUT2D eigenvalue weighted by molar-refractivity contribution is -0.121. The van der Waals surface area contributed by atoms with Gasteiger partial charge in [-0.3, -0.25) is 4.79 Å². The van der Waals surface area contributed by atoms with Gasteiger partial charge in [0.25, 0.3) is 0 Å². The Morgan fingerprint density at radius 1 is 1.43 bits per heavy atom. The molecule has 1 aromatic rings. The third kappa shape index (κ3) is 3.16. The lowest BCUT2D eigenvalue weighted by atomic mass is 9.99. The van der Waals surface area contributed by atoms with E-state index in [-0.39, 0.29) is 5.91 Å². The summed E-state index contributed by atoms with van der Waals surface area (Å²) in [5.41, 5.74) is 0.287. The van der Waals surface area contributed by atoms with Gasteiger partial charge in [-0.2, -0.15) is 0 Å². The molecule has 2 aliphatic heterocycles. The molecule has 1 atom stereocenters. The normalized spacial score (nSPS) is 25.9. The lowest BCUT2D eigenvalue weighted by Crippen LogP contribution is -2.47. The van der Waals surface area contributed by atoms with Gasteiger partial charge in [0.05, 0.1) is 30.6 Å². The van der Waals surface area contributed by atoms with Crippen LogP contribution in [0.15, 0.2) is 18.3 Å². The topological polar surface area (TPSA) is 66.5 Å². The van der Waals surface area contributed by atoms with E-state index in [1.54, 1.807) is 6.20 Å². The van der Waals surface area contributed by atoms with Crippen molar-refractivity contribution in [3.05, 3.63) is 18.3 Å². The summed E-state index contributed by atoms with van der Waals surface area (Å²) in [4.78, 5) is 18.9. The number of anilines is 2. The van der Waals surface area contributed by atoms with Gasteiger partial charge in [-0.25, -0.2) is 4.98 Å². The standard InChI is InChI=1S/C15H22N4O2/c1-15(5-2-6-17-15)14(20)18-12-3-4-13(16-11-12)19-7-9-21-10-8-19/h3-4,11,17H,2,5-10H2,1H3,(H,18,20). The van der Waals surface area contributed by atoms with E-state index in [1.807, 2.05) is 19.1 Å². The maximum atomic E-state index is 12.3. The quantitative estimate of drug-likeness (QED) is 0.869. The number of ether oxygens (including phenoxy) is 1. The van der Waals surface area contributed by atoms with Crippen molar-refractivity contribution in [3.63, 3.8) is 0 Å². The molecule has 2 saturated heterocycles. The molecule has 2 aliphatic rings. The minimum atomic E-state index is -0.455. The molecule has 3 heterocycles. The predicted molar refractivity (Wildman–Crippen MR) is 81.5 cm³/mol. The van der Waals surface area contributed by atoms with E-state index < -0.39 is 5.54 Å². The first kappa shape index (κ1) is 14.3. The summed E-state index contributed by atoms with van der Waals surface area (Å²) in [6.07, 6.45) is 3.64. The van der Waals surface area contributed by atoms with E-state index in [0.29, 0.717) is 0 Å². The summed E-state index contributed by atoms with van der Waals surface area (Å²) in [5, 5.41) is 6.21. The van der Waals surface area contributed by atoms with Crippen LogP contribution in [-0.4, -0.2) is 49.3 Å². The van der Waals surface area contributed by atoms with E-state index >= 15 is 0 Å². The molecule has 1 aromatic heterocycles. The number of amides is 1. The van der Waals surface area contributed by atoms with Crippen LogP contribution in [0.3, 0.4) is 0 Å². The number of aromatic nitrogens is 1. The zero-order valence-electron chi connectivity index (χ0n) is 12.4. The van der Waals surface area contributed by atoms with Crippen LogP contribution in [0.4, 0.5) is 11.5 Å². The first-order valence-electron chi connectivity index (χ1n) is 7.53. The highest BCUT2D eigenvalue weighted by Crippen LogP contribution is 2.21. The van der Waals surface area contributed by atoms with Gasteiger partial charge < -0.3 is 20.3 Å². The molecular formula is C15H22N4O2. The number of nitrogens with one attached hydrogen (secondary N) is 2. The van der Waals surface area contributed by atoms with Gasteiger partial charge in [0, 0.05) is 13.1 Å². The second kappa shape index (κ2) is 5.99. The minimum absolute atomic E-state index is 0.0147. The maximum absolute atomic E-state index is 12.3. The number of hydrogen-bond donors (Lipinski definition) is 2. The van der Waals surface area contributed by atoms with E-state index in [0.717, 1.165) is 57.2 Å². The number of morpholine rings is 1. The van der Waals surface area contributed by atoms with Crippen molar-refractivity contribution in [3.8, 4) is 0 Å². The smallest absolute Gasteiger partial charge is 0.244 e. The number of nitrogens with zero attached hydrogens (tertiary/aromatic N) is 2. The highest BCUT2D eigenvalue weighted by atomic mass is 16.5. The van der Waals surface area contributed by atoms with E-state index in [1.165, 1.54) is 0 Å². The Labute approximate surface area is 124 Å². The maximum Gasteiger partial charge on any atom is 0.244 e. The number of carbonyl (C=O) groups excluding carboxylic acids is 1. The number of pyridine rings is 1. The summed E-state index contributed by atoms with van der Waals surface area (Å²) in [6, 6.07) is 3.86. The van der Waals surface area contributed by atoms with Gasteiger partial charge in [0.15, 0.2) is 0 Å². The molecule has 1 amide bonds. The summed E-state index contributed by atoms with van der Waals surface area (Å²) >= 11 is 0. The van der Waals surface area contributed by atoms with Crippen molar-refractivity contribution < 1.29 is 9.53 Å². The molecule has 3 rings (SSSR count). The van der Waals surface area contributed by atoms with Crippen LogP contribution >= 0.6 is 0 Å². The van der Waals surface area contributed by atoms with Gasteiger partial charge in [-0.05, 0) is 38.4 Å². The number of hydrogen-bond acceptors (Lipinski definition) is 5. The monoisotopic (exact) mass is 290 g/mol. The summed E-state index contributed by atoms with van der Waals surface area (Å²) < 4.78 is 5.33. The largest absolute Gasteiger partial charge is 0.378 e. The third-order valence-corrected chi connectivity index (χ3v) is 4.21. The fourth-order valence-electron chi connectivity index (χ4n) is 2.80. The molecule has 6 heteroatoms. The molecule has 0 bridgehead atoms. The van der Waals surface area contributed by atoms with Gasteiger partial charge in [-0.15, -0.1) is 0 Å². The van der Waals surface area contributed by atoms with Crippen LogP contribution in [0.25, 0.3) is 0 Å². The van der Waals surface area contributed by atoms with Gasteiger partial charge in [0.2, 0.25) is 5.91 Å². The fraction of sp³-hybridized carbons (Fsp3) is 0.600. The molecule has 114 valence electrons. The predicted octanol–water partition coefficient (Wildman–Crippen LogP) is 0.999. The molecule has 2 N–H and O–H groups in total. The second-order valence-corrected chi connectivity index (χ2v) is 5.82. The molecule has 1 unspecified atom stereocenters. The molecule has 0 saturated carbocycles. The van der Waals surface area contributed by atoms with Crippen molar-refractivity contribution in [1.82, 2.24) is 10.3 Å². The number of rotatable bonds is 3. The van der Waals surface area contributed by atoms with Crippen molar-refractivity contribution in [2.45, 2.75) is 25.3 Å². The molecule has 0 aliphatic carbocycles. The zero-order chi connectivity index (χ0) is 14.7. The first-order chi connectivity index (χ1) is 10.2. The highest BCUT2D eigenvalue weighted by Gasteiger charge is 2.35. The molecule has 0 radical (unpaired) electrons. The van der Waals surface area contributed by atoms with Crippen molar-refractivity contribution in [2.75, 3.05) is 43.1 Å². The first-order valence-corrected chi connectivity index (χ1v) is 7.53. The van der Waals surface area contributed by atoms with Gasteiger partial charge >= 0.3 is 0 Å². The average Bonchev–Trinajstić information content (AvgIpc) is 2.97. The van der Waals surface area contributed by atoms with Crippen LogP contribution in [-0.2, 0) is 9.53 Å². The van der Waals surface area contributed by atoms with Crippen LogP contribution in [0.5, 0.6) is 0 Å². The minimum Gasteiger partial charge on any atom is -0.378 e. The molecular weight excluding hydrogens is 268 g/mol. The molecule has 0 aromatic carbocycles. The Balaban J connectivity index is 1.62. The fourth-order valence-corrected chi connectivity index (χ4v) is 2.80. The number of carbonyl (C=O) groups is 1. The molecule has 2 fully saturated rings. The zero-order valence-corrected chi connectivity index (χ0v) is 12.4. The highest BCUT2D eigenvalue weighted by molar-refractivity contribution is 5.98. The Hall–Kier alpha value is -1.66. The van der Waals surface area contributed by atoms with E-state index in [4.69, 9.17) is 4.74 Å². The van der Waals surface area contributed by atoms with Crippen LogP contribution in [0.2, 0.25) is 0 Å². The van der Waals surface area contributed by atoms with Crippen LogP contribution < -0.4 is 15.5 Å². The Bertz CT molecular complexity index is 491. The van der Waals surface area contributed by atoms with E-state index in [9.17, 15) is 4.79 Å². The molecule has 21 heavy (non-hydrogen) atoms. The van der Waals surface area contributed by atoms with Crippen LogP contribution in [0.1, 0.15) is 19.8 Å². The van der Waals surface area contributed by atoms with Gasteiger partial charge in [0.1, 0.15) is 5.82 Å². The van der Waals surface area contributed by atoms with Gasteiger partial charge in [-0.1, -0.05) is 0 Å². The third-order valence-electron chi connectivity index (χ3n) is 4.21.